The van der Waals surface area contributed by atoms with Gasteiger partial charge in [-0.1, -0.05) is 30.3 Å². The van der Waals surface area contributed by atoms with E-state index in [4.69, 9.17) is 0 Å². The van der Waals surface area contributed by atoms with Crippen LogP contribution in [0.15, 0.2) is 78.3 Å². The summed E-state index contributed by atoms with van der Waals surface area (Å²) < 4.78 is 0. The lowest BCUT2D eigenvalue weighted by Gasteiger charge is -2.29. The van der Waals surface area contributed by atoms with E-state index in [1.165, 1.54) is 16.8 Å². The Kier molecular flexibility index (Phi) is 5.42. The highest BCUT2D eigenvalue weighted by Gasteiger charge is 2.10. The van der Waals surface area contributed by atoms with Crippen molar-refractivity contribution in [3.05, 3.63) is 78.3 Å². The summed E-state index contributed by atoms with van der Waals surface area (Å²) in [6.45, 7) is 4.24. The van der Waals surface area contributed by atoms with Crippen LogP contribution in [-0.2, 0) is 0 Å². The Morgan fingerprint density at radius 2 is 1.60 bits per heavy atom. The fourth-order valence-corrected chi connectivity index (χ4v) is 4.26. The Morgan fingerprint density at radius 1 is 0.867 bits per heavy atom. The summed E-state index contributed by atoms with van der Waals surface area (Å²) in [6.07, 6.45) is 1.80. The molecule has 2 aromatic heterocycles. The van der Waals surface area contributed by atoms with Crippen LogP contribution in [0.4, 0.5) is 17.2 Å². The van der Waals surface area contributed by atoms with E-state index in [1.54, 1.807) is 17.5 Å². The van der Waals surface area contributed by atoms with E-state index in [0.29, 0.717) is 0 Å². The van der Waals surface area contributed by atoms with Gasteiger partial charge in [-0.2, -0.15) is 0 Å². The molecule has 3 heterocycles. The number of hydrogen-bond acceptors (Lipinski definition) is 6. The second-order valence-corrected chi connectivity index (χ2v) is 8.13. The Morgan fingerprint density at radius 3 is 2.30 bits per heavy atom. The number of nitrogens with one attached hydrogen (secondary N) is 2. The van der Waals surface area contributed by atoms with Crippen LogP contribution in [0.1, 0.15) is 0 Å². The zero-order valence-corrected chi connectivity index (χ0v) is 17.4. The van der Waals surface area contributed by atoms with Crippen LogP contribution >= 0.6 is 11.3 Å². The Hall–Kier alpha value is -3.22. The minimum absolute atomic E-state index is 0.816. The standard InChI is InChI=1S/C24H23N5S/c1-2-22(24-26-14-17-30-24)28-23(3-1)27-20-8-4-18(5-9-20)19-6-10-21(11-7-19)29-15-12-25-13-16-29/h1-11,14,17,25H,12-13,15-16H2,(H,27,28). The van der Waals surface area contributed by atoms with Crippen LogP contribution < -0.4 is 15.5 Å². The zero-order chi connectivity index (χ0) is 20.2. The molecule has 150 valence electrons. The van der Waals surface area contributed by atoms with Crippen LogP contribution in [0.2, 0.25) is 0 Å². The van der Waals surface area contributed by atoms with Crippen molar-refractivity contribution in [2.45, 2.75) is 0 Å². The van der Waals surface area contributed by atoms with Crippen molar-refractivity contribution < 1.29 is 0 Å². The highest BCUT2D eigenvalue weighted by atomic mass is 32.1. The van der Waals surface area contributed by atoms with Crippen molar-refractivity contribution in [1.82, 2.24) is 15.3 Å². The molecule has 0 spiro atoms. The van der Waals surface area contributed by atoms with E-state index < -0.39 is 0 Å². The van der Waals surface area contributed by atoms with E-state index in [2.05, 4.69) is 74.0 Å². The molecule has 2 aromatic carbocycles. The molecule has 6 heteroatoms. The van der Waals surface area contributed by atoms with Crippen molar-refractivity contribution >= 4 is 28.5 Å². The topological polar surface area (TPSA) is 53.1 Å². The predicted octanol–water partition coefficient (Wildman–Crippen LogP) is 5.03. The summed E-state index contributed by atoms with van der Waals surface area (Å²) in [4.78, 5) is 11.4. The molecule has 0 bridgehead atoms. The second kappa shape index (κ2) is 8.65. The number of benzene rings is 2. The van der Waals surface area contributed by atoms with Gasteiger partial charge in [-0.15, -0.1) is 11.3 Å². The fraction of sp³-hybridized carbons (Fsp3) is 0.167. The first-order valence-electron chi connectivity index (χ1n) is 10.2. The molecular formula is C24H23N5S. The smallest absolute Gasteiger partial charge is 0.141 e. The molecule has 2 N–H and O–H groups in total. The molecule has 1 fully saturated rings. The van der Waals surface area contributed by atoms with Crippen LogP contribution in [-0.4, -0.2) is 36.1 Å². The van der Waals surface area contributed by atoms with Gasteiger partial charge < -0.3 is 15.5 Å². The third-order valence-corrected chi connectivity index (χ3v) is 6.04. The maximum atomic E-state index is 4.67. The SMILES string of the molecule is c1cc(Nc2ccc(-c3ccc(N4CCNCC4)cc3)cc2)nc(-c2nccs2)c1. The summed E-state index contributed by atoms with van der Waals surface area (Å²) in [6, 6.07) is 23.3. The van der Waals surface area contributed by atoms with Gasteiger partial charge in [0.05, 0.1) is 0 Å². The fourth-order valence-electron chi connectivity index (χ4n) is 3.66. The third-order valence-electron chi connectivity index (χ3n) is 5.24. The normalized spacial score (nSPS) is 13.9. The van der Waals surface area contributed by atoms with Crippen molar-refractivity contribution in [3.63, 3.8) is 0 Å². The van der Waals surface area contributed by atoms with Crippen LogP contribution in [0.25, 0.3) is 21.8 Å². The molecule has 0 saturated carbocycles. The number of thiazole rings is 1. The van der Waals surface area contributed by atoms with Gasteiger partial charge in [0.1, 0.15) is 16.5 Å². The third kappa shape index (κ3) is 4.20. The summed E-state index contributed by atoms with van der Waals surface area (Å²) in [5, 5.41) is 9.68. The van der Waals surface area contributed by atoms with E-state index in [9.17, 15) is 0 Å². The number of piperazine rings is 1. The van der Waals surface area contributed by atoms with Gasteiger partial charge in [0.15, 0.2) is 0 Å². The largest absolute Gasteiger partial charge is 0.369 e. The average Bonchev–Trinajstić information content (AvgIpc) is 3.36. The summed E-state index contributed by atoms with van der Waals surface area (Å²) in [5.41, 5.74) is 5.63. The minimum atomic E-state index is 0.816. The quantitative estimate of drug-likeness (QED) is 0.481. The summed E-state index contributed by atoms with van der Waals surface area (Å²) in [7, 11) is 0. The molecule has 1 aliphatic heterocycles. The Labute approximate surface area is 180 Å². The molecule has 4 aromatic rings. The number of nitrogens with zero attached hydrogens (tertiary/aromatic N) is 3. The molecule has 30 heavy (non-hydrogen) atoms. The van der Waals surface area contributed by atoms with Crippen molar-refractivity contribution in [2.24, 2.45) is 0 Å². The van der Waals surface area contributed by atoms with E-state index in [-0.39, 0.29) is 0 Å². The van der Waals surface area contributed by atoms with Gasteiger partial charge in [-0.25, -0.2) is 9.97 Å². The van der Waals surface area contributed by atoms with Crippen molar-refractivity contribution in [3.8, 4) is 21.8 Å². The number of pyridine rings is 1. The summed E-state index contributed by atoms with van der Waals surface area (Å²) in [5.74, 6) is 0.816. The number of hydrogen-bond donors (Lipinski definition) is 2. The monoisotopic (exact) mass is 413 g/mol. The van der Waals surface area contributed by atoms with Gasteiger partial charge >= 0.3 is 0 Å². The Bertz CT molecular complexity index is 1090. The zero-order valence-electron chi connectivity index (χ0n) is 16.6. The van der Waals surface area contributed by atoms with E-state index in [0.717, 1.165) is 48.4 Å². The van der Waals surface area contributed by atoms with E-state index in [1.807, 2.05) is 23.6 Å². The van der Waals surface area contributed by atoms with Crippen LogP contribution in [0.5, 0.6) is 0 Å². The molecule has 5 rings (SSSR count). The van der Waals surface area contributed by atoms with Crippen molar-refractivity contribution in [2.75, 3.05) is 36.4 Å². The maximum Gasteiger partial charge on any atom is 0.141 e. The second-order valence-electron chi connectivity index (χ2n) is 7.23. The molecule has 0 amide bonds. The van der Waals surface area contributed by atoms with Gasteiger partial charge in [0.25, 0.3) is 0 Å². The van der Waals surface area contributed by atoms with Crippen LogP contribution in [0.3, 0.4) is 0 Å². The highest BCUT2D eigenvalue weighted by molar-refractivity contribution is 7.13. The summed E-state index contributed by atoms with van der Waals surface area (Å²) >= 11 is 1.59. The molecular weight excluding hydrogens is 390 g/mol. The van der Waals surface area contributed by atoms with Gasteiger partial charge in [0.2, 0.25) is 0 Å². The lowest BCUT2D eigenvalue weighted by atomic mass is 10.0. The number of rotatable bonds is 5. The molecule has 0 atom stereocenters. The first-order chi connectivity index (χ1) is 14.8. The first kappa shape index (κ1) is 18.8. The molecule has 0 radical (unpaired) electrons. The van der Waals surface area contributed by atoms with Crippen LogP contribution in [0, 0.1) is 0 Å². The lowest BCUT2D eigenvalue weighted by molar-refractivity contribution is 0.589. The molecule has 5 nitrogen and oxygen atoms in total. The van der Waals surface area contributed by atoms with Gasteiger partial charge in [-0.05, 0) is 47.5 Å². The maximum absolute atomic E-state index is 4.67. The van der Waals surface area contributed by atoms with E-state index >= 15 is 0 Å². The minimum Gasteiger partial charge on any atom is -0.369 e. The average molecular weight is 414 g/mol. The lowest BCUT2D eigenvalue weighted by Crippen LogP contribution is -2.43. The van der Waals surface area contributed by atoms with Crippen molar-refractivity contribution in [1.29, 1.82) is 0 Å². The Balaban J connectivity index is 1.28. The molecule has 0 aliphatic carbocycles. The molecule has 1 saturated heterocycles. The highest BCUT2D eigenvalue weighted by Crippen LogP contribution is 2.26. The molecule has 1 aliphatic rings. The molecule has 0 unspecified atom stereocenters. The first-order valence-corrected chi connectivity index (χ1v) is 11.0. The van der Waals surface area contributed by atoms with Gasteiger partial charge in [-0.3, -0.25) is 0 Å². The van der Waals surface area contributed by atoms with Gasteiger partial charge in [0, 0.05) is 49.1 Å². The number of aromatic nitrogens is 2. The number of anilines is 3. The predicted molar refractivity (Wildman–Crippen MR) is 126 cm³/mol.